The number of rotatable bonds is 1. The van der Waals surface area contributed by atoms with E-state index in [-0.39, 0.29) is 24.2 Å². The summed E-state index contributed by atoms with van der Waals surface area (Å²) in [6.45, 7) is 1.86. The Balaban J connectivity index is 0.00000147. The Labute approximate surface area is 122 Å². The van der Waals surface area contributed by atoms with E-state index in [1.807, 2.05) is 0 Å². The van der Waals surface area contributed by atoms with Crippen molar-refractivity contribution in [3.63, 3.8) is 0 Å². The zero-order valence-corrected chi connectivity index (χ0v) is 11.7. The molecule has 1 aromatic rings. The van der Waals surface area contributed by atoms with Crippen molar-refractivity contribution in [2.45, 2.75) is 18.8 Å². The topological polar surface area (TPSA) is 41.1 Å². The van der Waals surface area contributed by atoms with Crippen LogP contribution < -0.4 is 10.6 Å². The number of halogens is 3. The van der Waals surface area contributed by atoms with Crippen LogP contribution >= 0.6 is 12.4 Å². The van der Waals surface area contributed by atoms with Crippen LogP contribution in [0.3, 0.4) is 0 Å². The Morgan fingerprint density at radius 3 is 2.75 bits per heavy atom. The van der Waals surface area contributed by atoms with Gasteiger partial charge in [-0.05, 0) is 31.0 Å². The molecular weight excluding hydrogens is 286 g/mol. The van der Waals surface area contributed by atoms with Gasteiger partial charge < -0.3 is 10.6 Å². The van der Waals surface area contributed by atoms with Gasteiger partial charge in [0.15, 0.2) is 0 Å². The highest BCUT2D eigenvalue weighted by Gasteiger charge is 2.51. The van der Waals surface area contributed by atoms with Crippen LogP contribution in [0.2, 0.25) is 0 Å². The molecule has 2 atom stereocenters. The quantitative estimate of drug-likeness (QED) is 0.833. The molecule has 1 amide bonds. The lowest BCUT2D eigenvalue weighted by Gasteiger charge is -2.36. The zero-order chi connectivity index (χ0) is 13.5. The van der Waals surface area contributed by atoms with Crippen molar-refractivity contribution in [2.24, 2.45) is 5.41 Å². The Morgan fingerprint density at radius 1 is 1.30 bits per heavy atom. The first-order valence-corrected chi connectivity index (χ1v) is 6.57. The summed E-state index contributed by atoms with van der Waals surface area (Å²) in [7, 11) is 0. The Hall–Kier alpha value is -1.20. The minimum atomic E-state index is -0.589. The maximum atomic E-state index is 14.0. The van der Waals surface area contributed by atoms with Crippen LogP contribution in [0.4, 0.5) is 8.78 Å². The Morgan fingerprint density at radius 2 is 2.10 bits per heavy atom. The minimum absolute atomic E-state index is 0. The average molecular weight is 303 g/mol. The van der Waals surface area contributed by atoms with E-state index >= 15 is 0 Å². The molecule has 6 heteroatoms. The van der Waals surface area contributed by atoms with Crippen LogP contribution in [-0.4, -0.2) is 25.5 Å². The van der Waals surface area contributed by atoms with E-state index < -0.39 is 17.0 Å². The molecule has 3 rings (SSSR count). The van der Waals surface area contributed by atoms with Crippen molar-refractivity contribution in [1.82, 2.24) is 10.6 Å². The Kier molecular flexibility index (Phi) is 4.30. The molecule has 2 heterocycles. The van der Waals surface area contributed by atoms with Gasteiger partial charge in [0.25, 0.3) is 0 Å². The molecule has 20 heavy (non-hydrogen) atoms. The summed E-state index contributed by atoms with van der Waals surface area (Å²) in [5, 5.41) is 6.05. The third-order valence-electron chi connectivity index (χ3n) is 4.34. The number of nitrogens with one attached hydrogen (secondary N) is 2. The summed E-state index contributed by atoms with van der Waals surface area (Å²) < 4.78 is 27.0. The van der Waals surface area contributed by atoms with Crippen LogP contribution in [0, 0.1) is 17.0 Å². The highest BCUT2D eigenvalue weighted by Crippen LogP contribution is 2.45. The van der Waals surface area contributed by atoms with Crippen molar-refractivity contribution in [2.75, 3.05) is 19.6 Å². The summed E-state index contributed by atoms with van der Waals surface area (Å²) in [4.78, 5) is 12.2. The molecule has 2 aliphatic rings. The Bertz CT molecular complexity index is 518. The molecule has 1 aromatic carbocycles. The van der Waals surface area contributed by atoms with Crippen LogP contribution in [0.1, 0.15) is 24.3 Å². The molecule has 0 aromatic heterocycles. The predicted octanol–water partition coefficient (Wildman–Crippen LogP) is 1.97. The molecule has 0 radical (unpaired) electrons. The normalized spacial score (nSPS) is 29.1. The van der Waals surface area contributed by atoms with E-state index in [1.165, 1.54) is 12.1 Å². The number of hydrogen-bond acceptors (Lipinski definition) is 2. The molecule has 0 saturated carbocycles. The number of benzene rings is 1. The molecule has 0 bridgehead atoms. The fourth-order valence-electron chi connectivity index (χ4n) is 3.34. The lowest BCUT2D eigenvalue weighted by molar-refractivity contribution is -0.129. The van der Waals surface area contributed by atoms with Crippen molar-refractivity contribution in [3.8, 4) is 0 Å². The van der Waals surface area contributed by atoms with E-state index in [2.05, 4.69) is 10.6 Å². The van der Waals surface area contributed by atoms with Crippen molar-refractivity contribution < 1.29 is 13.6 Å². The van der Waals surface area contributed by atoms with Crippen LogP contribution in [0.25, 0.3) is 0 Å². The van der Waals surface area contributed by atoms with Crippen molar-refractivity contribution >= 4 is 18.3 Å². The van der Waals surface area contributed by atoms with E-state index in [0.29, 0.717) is 18.7 Å². The van der Waals surface area contributed by atoms with E-state index in [9.17, 15) is 13.6 Å². The number of carbonyl (C=O) groups excluding carboxylic acids is 1. The van der Waals surface area contributed by atoms with Crippen LogP contribution in [-0.2, 0) is 4.79 Å². The van der Waals surface area contributed by atoms with E-state index in [0.717, 1.165) is 25.5 Å². The molecule has 110 valence electrons. The maximum Gasteiger partial charge on any atom is 0.228 e. The highest BCUT2D eigenvalue weighted by atomic mass is 35.5. The molecule has 3 nitrogen and oxygen atoms in total. The maximum absolute atomic E-state index is 14.0. The first-order valence-electron chi connectivity index (χ1n) is 6.57. The average Bonchev–Trinajstić information content (AvgIpc) is 2.69. The number of piperidine rings is 1. The second kappa shape index (κ2) is 5.66. The van der Waals surface area contributed by atoms with E-state index in [1.54, 1.807) is 0 Å². The summed E-state index contributed by atoms with van der Waals surface area (Å²) in [6, 6.07) is 3.61. The van der Waals surface area contributed by atoms with Crippen LogP contribution in [0.15, 0.2) is 18.2 Å². The largest absolute Gasteiger partial charge is 0.355 e. The SMILES string of the molecule is Cl.O=C1NCC(c2ccc(F)cc2F)C12CCCNC2. The lowest BCUT2D eigenvalue weighted by atomic mass is 9.69. The van der Waals surface area contributed by atoms with Gasteiger partial charge in [0.1, 0.15) is 11.6 Å². The van der Waals surface area contributed by atoms with Crippen molar-refractivity contribution in [1.29, 1.82) is 0 Å². The molecular formula is C14H17ClF2N2O. The van der Waals surface area contributed by atoms with Gasteiger partial charge in [-0.3, -0.25) is 4.79 Å². The van der Waals surface area contributed by atoms with Gasteiger partial charge in [0, 0.05) is 25.1 Å². The number of hydrogen-bond donors (Lipinski definition) is 2. The first-order chi connectivity index (χ1) is 9.13. The van der Waals surface area contributed by atoms with Crippen LogP contribution in [0.5, 0.6) is 0 Å². The zero-order valence-electron chi connectivity index (χ0n) is 10.9. The summed E-state index contributed by atoms with van der Waals surface area (Å²) >= 11 is 0. The standard InChI is InChI=1S/C14H16F2N2O.ClH/c15-9-2-3-10(12(16)6-9)11-7-18-13(19)14(11)4-1-5-17-8-14;/h2-3,6,11,17H,1,4-5,7-8H2,(H,18,19);1H. The summed E-state index contributed by atoms with van der Waals surface area (Å²) in [5.41, 5.74) is -0.153. The third-order valence-corrected chi connectivity index (χ3v) is 4.34. The van der Waals surface area contributed by atoms with Crippen molar-refractivity contribution in [3.05, 3.63) is 35.4 Å². The number of amides is 1. The lowest BCUT2D eigenvalue weighted by Crippen LogP contribution is -2.47. The third kappa shape index (κ3) is 2.29. The molecule has 2 unspecified atom stereocenters. The number of carbonyl (C=O) groups is 1. The van der Waals surface area contributed by atoms with Gasteiger partial charge in [-0.25, -0.2) is 8.78 Å². The summed E-state index contributed by atoms with van der Waals surface area (Å²) in [5.74, 6) is -1.40. The van der Waals surface area contributed by atoms with Gasteiger partial charge in [-0.15, -0.1) is 12.4 Å². The van der Waals surface area contributed by atoms with Gasteiger partial charge in [0.2, 0.25) is 5.91 Å². The smallest absolute Gasteiger partial charge is 0.228 e. The fourth-order valence-corrected chi connectivity index (χ4v) is 3.34. The van der Waals surface area contributed by atoms with Gasteiger partial charge in [-0.1, -0.05) is 6.07 Å². The highest BCUT2D eigenvalue weighted by molar-refractivity contribution is 5.87. The molecule has 2 saturated heterocycles. The molecule has 2 aliphatic heterocycles. The molecule has 1 spiro atoms. The predicted molar refractivity (Wildman–Crippen MR) is 73.9 cm³/mol. The van der Waals surface area contributed by atoms with E-state index in [4.69, 9.17) is 0 Å². The minimum Gasteiger partial charge on any atom is -0.355 e. The monoisotopic (exact) mass is 302 g/mol. The fraction of sp³-hybridized carbons (Fsp3) is 0.500. The molecule has 2 fully saturated rings. The first kappa shape index (κ1) is 15.2. The van der Waals surface area contributed by atoms with Gasteiger partial charge >= 0.3 is 0 Å². The molecule has 0 aliphatic carbocycles. The molecule has 2 N–H and O–H groups in total. The summed E-state index contributed by atoms with van der Waals surface area (Å²) in [6.07, 6.45) is 1.64. The van der Waals surface area contributed by atoms with Gasteiger partial charge in [0.05, 0.1) is 5.41 Å². The second-order valence-electron chi connectivity index (χ2n) is 5.36. The van der Waals surface area contributed by atoms with Gasteiger partial charge in [-0.2, -0.15) is 0 Å². The second-order valence-corrected chi connectivity index (χ2v) is 5.36.